The van der Waals surface area contributed by atoms with E-state index in [1.54, 1.807) is 4.90 Å². The van der Waals surface area contributed by atoms with E-state index >= 15 is 0 Å². The summed E-state index contributed by atoms with van der Waals surface area (Å²) in [6.45, 7) is 1.44. The van der Waals surface area contributed by atoms with Crippen molar-refractivity contribution in [1.82, 2.24) is 4.90 Å². The van der Waals surface area contributed by atoms with Crippen molar-refractivity contribution in [2.75, 3.05) is 18.5 Å². The third-order valence-corrected chi connectivity index (χ3v) is 3.34. The van der Waals surface area contributed by atoms with Gasteiger partial charge in [0.05, 0.1) is 13.1 Å². The molecule has 2 amide bonds. The van der Waals surface area contributed by atoms with Crippen molar-refractivity contribution in [1.29, 1.82) is 0 Å². The molecule has 1 aliphatic heterocycles. The highest BCUT2D eigenvalue weighted by Gasteiger charge is 2.19. The first kappa shape index (κ1) is 13.4. The van der Waals surface area contributed by atoms with E-state index in [0.29, 0.717) is 25.4 Å². The summed E-state index contributed by atoms with van der Waals surface area (Å²) in [4.78, 5) is 14.0. The molecular formula is C16H15FN2O2. The monoisotopic (exact) mass is 286 g/mol. The van der Waals surface area contributed by atoms with Gasteiger partial charge in [-0.3, -0.25) is 0 Å². The van der Waals surface area contributed by atoms with Gasteiger partial charge in [-0.1, -0.05) is 18.2 Å². The number of nitrogens with one attached hydrogen (secondary N) is 1. The van der Waals surface area contributed by atoms with Gasteiger partial charge in [-0.15, -0.1) is 0 Å². The van der Waals surface area contributed by atoms with E-state index in [1.165, 1.54) is 24.3 Å². The van der Waals surface area contributed by atoms with Crippen LogP contribution >= 0.6 is 0 Å². The molecule has 0 radical (unpaired) electrons. The summed E-state index contributed by atoms with van der Waals surface area (Å²) >= 11 is 0. The third kappa shape index (κ3) is 3.13. The number of carbonyl (C=O) groups is 1. The van der Waals surface area contributed by atoms with Crippen molar-refractivity contribution >= 4 is 11.7 Å². The van der Waals surface area contributed by atoms with Crippen molar-refractivity contribution in [2.24, 2.45) is 0 Å². The lowest BCUT2D eigenvalue weighted by molar-refractivity contribution is 0.200. The van der Waals surface area contributed by atoms with Crippen LogP contribution in [0, 0.1) is 5.82 Å². The summed E-state index contributed by atoms with van der Waals surface area (Å²) in [5, 5.41) is 2.76. The van der Waals surface area contributed by atoms with Crippen LogP contribution in [0.1, 0.15) is 5.56 Å². The smallest absolute Gasteiger partial charge is 0.322 e. The number of halogens is 1. The molecule has 108 valence electrons. The molecule has 0 saturated carbocycles. The van der Waals surface area contributed by atoms with Gasteiger partial charge in [0.15, 0.2) is 0 Å². The largest absolute Gasteiger partial charge is 0.491 e. The topological polar surface area (TPSA) is 41.6 Å². The highest BCUT2D eigenvalue weighted by Crippen LogP contribution is 2.22. The summed E-state index contributed by atoms with van der Waals surface area (Å²) in [6, 6.07) is 13.2. The number of anilines is 1. The number of ether oxygens (including phenoxy) is 1. The maximum absolute atomic E-state index is 12.9. The molecule has 0 spiro atoms. The van der Waals surface area contributed by atoms with Crippen molar-refractivity contribution in [2.45, 2.75) is 6.54 Å². The Morgan fingerprint density at radius 1 is 1.14 bits per heavy atom. The molecule has 0 saturated heterocycles. The Balaban J connectivity index is 1.71. The molecule has 0 unspecified atom stereocenters. The van der Waals surface area contributed by atoms with Crippen LogP contribution in [0.25, 0.3) is 0 Å². The van der Waals surface area contributed by atoms with Gasteiger partial charge in [0, 0.05) is 11.3 Å². The van der Waals surface area contributed by atoms with Crippen molar-refractivity contribution in [3.8, 4) is 5.75 Å². The fourth-order valence-electron chi connectivity index (χ4n) is 2.23. The highest BCUT2D eigenvalue weighted by molar-refractivity contribution is 5.89. The van der Waals surface area contributed by atoms with Crippen molar-refractivity contribution < 1.29 is 13.9 Å². The molecule has 3 rings (SSSR count). The van der Waals surface area contributed by atoms with Crippen LogP contribution in [0.3, 0.4) is 0 Å². The average molecular weight is 286 g/mol. The van der Waals surface area contributed by atoms with Gasteiger partial charge < -0.3 is 15.0 Å². The lowest BCUT2D eigenvalue weighted by Gasteiger charge is -2.20. The van der Waals surface area contributed by atoms with E-state index in [9.17, 15) is 9.18 Å². The molecule has 0 aliphatic carbocycles. The van der Waals surface area contributed by atoms with E-state index < -0.39 is 0 Å². The molecule has 1 N–H and O–H groups in total. The summed E-state index contributed by atoms with van der Waals surface area (Å²) < 4.78 is 18.5. The Bertz CT molecular complexity index is 643. The average Bonchev–Trinajstić information content (AvgIpc) is 2.72. The molecule has 0 bridgehead atoms. The van der Waals surface area contributed by atoms with Crippen LogP contribution in [0.4, 0.5) is 14.9 Å². The van der Waals surface area contributed by atoms with Gasteiger partial charge in [-0.2, -0.15) is 0 Å². The zero-order valence-corrected chi connectivity index (χ0v) is 11.4. The molecular weight excluding hydrogens is 271 g/mol. The van der Waals surface area contributed by atoms with E-state index in [4.69, 9.17) is 4.74 Å². The summed E-state index contributed by atoms with van der Waals surface area (Å²) in [6.07, 6.45) is 0. The fourth-order valence-corrected chi connectivity index (χ4v) is 2.23. The fraction of sp³-hybridized carbons (Fsp3) is 0.188. The number of rotatable bonds is 1. The highest BCUT2D eigenvalue weighted by atomic mass is 19.1. The molecule has 0 fully saturated rings. The number of hydrogen-bond donors (Lipinski definition) is 1. The number of benzene rings is 2. The SMILES string of the molecule is O=C(Nc1ccc(F)cc1)N1CCOc2ccccc2C1. The van der Waals surface area contributed by atoms with Gasteiger partial charge in [0.25, 0.3) is 0 Å². The zero-order valence-electron chi connectivity index (χ0n) is 11.4. The lowest BCUT2D eigenvalue weighted by Crippen LogP contribution is -2.36. The van der Waals surface area contributed by atoms with Crippen LogP contribution in [-0.2, 0) is 6.54 Å². The number of amides is 2. The molecule has 4 nitrogen and oxygen atoms in total. The number of urea groups is 1. The Morgan fingerprint density at radius 3 is 2.71 bits per heavy atom. The van der Waals surface area contributed by atoms with Gasteiger partial charge in [-0.25, -0.2) is 9.18 Å². The van der Waals surface area contributed by atoms with Crippen molar-refractivity contribution in [3.63, 3.8) is 0 Å². The predicted octanol–water partition coefficient (Wildman–Crippen LogP) is 3.25. The van der Waals surface area contributed by atoms with E-state index in [2.05, 4.69) is 5.32 Å². The maximum atomic E-state index is 12.9. The minimum atomic E-state index is -0.329. The second-order valence-electron chi connectivity index (χ2n) is 4.81. The minimum absolute atomic E-state index is 0.220. The summed E-state index contributed by atoms with van der Waals surface area (Å²) in [5.41, 5.74) is 1.55. The van der Waals surface area contributed by atoms with Gasteiger partial charge in [0.2, 0.25) is 0 Å². The molecule has 21 heavy (non-hydrogen) atoms. The number of nitrogens with zero attached hydrogens (tertiary/aromatic N) is 1. The van der Waals surface area contributed by atoms with Crippen LogP contribution in [-0.4, -0.2) is 24.1 Å². The molecule has 5 heteroatoms. The van der Waals surface area contributed by atoms with E-state index in [0.717, 1.165) is 11.3 Å². The summed E-state index contributed by atoms with van der Waals surface area (Å²) in [5.74, 6) is 0.486. The first-order valence-corrected chi connectivity index (χ1v) is 6.74. The van der Waals surface area contributed by atoms with E-state index in [-0.39, 0.29) is 11.8 Å². The molecule has 0 atom stereocenters. The molecule has 1 aliphatic rings. The van der Waals surface area contributed by atoms with Crippen LogP contribution in [0.15, 0.2) is 48.5 Å². The van der Waals surface area contributed by atoms with Crippen molar-refractivity contribution in [3.05, 3.63) is 59.9 Å². The van der Waals surface area contributed by atoms with Crippen LogP contribution in [0.2, 0.25) is 0 Å². The standard InChI is InChI=1S/C16H15FN2O2/c17-13-5-7-14(8-6-13)18-16(20)19-9-10-21-15-4-2-1-3-12(15)11-19/h1-8H,9-11H2,(H,18,20). The Labute approximate surface area is 122 Å². The second kappa shape index (κ2) is 5.83. The quantitative estimate of drug-likeness (QED) is 0.874. The Kier molecular flexibility index (Phi) is 3.73. The number of hydrogen-bond acceptors (Lipinski definition) is 2. The van der Waals surface area contributed by atoms with Gasteiger partial charge in [0.1, 0.15) is 18.2 Å². The minimum Gasteiger partial charge on any atom is -0.491 e. The molecule has 1 heterocycles. The summed E-state index contributed by atoms with van der Waals surface area (Å²) in [7, 11) is 0. The van der Waals surface area contributed by atoms with Crippen LogP contribution in [0.5, 0.6) is 5.75 Å². The molecule has 0 aromatic heterocycles. The Morgan fingerprint density at radius 2 is 1.90 bits per heavy atom. The molecule has 2 aromatic carbocycles. The normalized spacial score (nSPS) is 13.9. The van der Waals surface area contributed by atoms with E-state index in [1.807, 2.05) is 24.3 Å². The third-order valence-electron chi connectivity index (χ3n) is 3.34. The van der Waals surface area contributed by atoms with Gasteiger partial charge >= 0.3 is 6.03 Å². The zero-order chi connectivity index (χ0) is 14.7. The van der Waals surface area contributed by atoms with Gasteiger partial charge in [-0.05, 0) is 30.3 Å². The molecule has 2 aromatic rings. The maximum Gasteiger partial charge on any atom is 0.322 e. The van der Waals surface area contributed by atoms with Crippen LogP contribution < -0.4 is 10.1 Å². The predicted molar refractivity (Wildman–Crippen MR) is 77.8 cm³/mol. The lowest BCUT2D eigenvalue weighted by atomic mass is 10.2. The first-order valence-electron chi connectivity index (χ1n) is 6.74. The number of carbonyl (C=O) groups excluding carboxylic acids is 1. The number of para-hydroxylation sites is 1. The Hall–Kier alpha value is -2.56. The second-order valence-corrected chi connectivity index (χ2v) is 4.81. The first-order chi connectivity index (χ1) is 10.2. The number of fused-ring (bicyclic) bond motifs is 1.